The van der Waals surface area contributed by atoms with Gasteiger partial charge < -0.3 is 5.32 Å². The third-order valence-electron chi connectivity index (χ3n) is 4.32. The summed E-state index contributed by atoms with van der Waals surface area (Å²) in [5.74, 6) is -0.464. The fraction of sp³-hybridized carbons (Fsp3) is 0.500. The molecule has 3 atom stereocenters. The number of hydrogen-bond acceptors (Lipinski definition) is 1. The van der Waals surface area contributed by atoms with E-state index in [2.05, 4.69) is 38.2 Å². The van der Waals surface area contributed by atoms with Crippen molar-refractivity contribution in [3.05, 3.63) is 41.5 Å². The minimum absolute atomic E-state index is 0.0352. The first kappa shape index (κ1) is 12.6. The quantitative estimate of drug-likeness (QED) is 0.681. The molecule has 0 bridgehead atoms. The van der Waals surface area contributed by atoms with Crippen LogP contribution in [0.1, 0.15) is 38.7 Å². The minimum atomic E-state index is -0.494. The molecule has 0 aromatic heterocycles. The van der Waals surface area contributed by atoms with E-state index in [1.807, 2.05) is 0 Å². The summed E-state index contributed by atoms with van der Waals surface area (Å²) < 4.78 is 27.5. The molecule has 1 heterocycles. The fourth-order valence-electron chi connectivity index (χ4n) is 3.48. The lowest BCUT2D eigenvalue weighted by Gasteiger charge is -2.44. The smallest absolute Gasteiger partial charge is 0.149 e. The van der Waals surface area contributed by atoms with Crippen molar-refractivity contribution in [1.82, 2.24) is 0 Å². The van der Waals surface area contributed by atoms with Crippen LogP contribution < -0.4 is 5.32 Å². The van der Waals surface area contributed by atoms with Crippen molar-refractivity contribution in [2.75, 3.05) is 5.32 Å². The first-order valence-corrected chi connectivity index (χ1v) is 6.80. The van der Waals surface area contributed by atoms with E-state index in [-0.39, 0.29) is 17.4 Å². The van der Waals surface area contributed by atoms with Crippen molar-refractivity contribution < 1.29 is 8.78 Å². The standard InChI is InChI=1S/C16H19F2N/c1-16(2,3)15-11-6-4-5-10(11)12-7-9(17)8-13(18)14(12)19-15/h4-5,7-8,10-11,15,19H,6H2,1-3H3/t10-,11+,15-/m1/s1. The monoisotopic (exact) mass is 263 g/mol. The Morgan fingerprint density at radius 2 is 1.95 bits per heavy atom. The van der Waals surface area contributed by atoms with E-state index in [0.717, 1.165) is 18.1 Å². The normalized spacial score (nSPS) is 28.8. The average Bonchev–Trinajstić information content (AvgIpc) is 2.75. The summed E-state index contributed by atoms with van der Waals surface area (Å²) in [4.78, 5) is 0. The molecule has 3 heteroatoms. The average molecular weight is 263 g/mol. The summed E-state index contributed by atoms with van der Waals surface area (Å²) in [5.41, 5.74) is 1.28. The van der Waals surface area contributed by atoms with Gasteiger partial charge in [-0.15, -0.1) is 0 Å². The van der Waals surface area contributed by atoms with Crippen LogP contribution in [-0.4, -0.2) is 6.04 Å². The Morgan fingerprint density at radius 1 is 1.21 bits per heavy atom. The van der Waals surface area contributed by atoms with E-state index in [4.69, 9.17) is 0 Å². The highest BCUT2D eigenvalue weighted by molar-refractivity contribution is 5.60. The Labute approximate surface area is 112 Å². The predicted octanol–water partition coefficient (Wildman–Crippen LogP) is 4.46. The SMILES string of the molecule is CC(C)(C)[C@@H]1Nc2c(F)cc(F)cc2[C@@H]2C=CC[C@H]12. The third kappa shape index (κ3) is 1.96. The van der Waals surface area contributed by atoms with Gasteiger partial charge in [0.15, 0.2) is 0 Å². The van der Waals surface area contributed by atoms with E-state index < -0.39 is 11.6 Å². The van der Waals surface area contributed by atoms with Gasteiger partial charge in [0.05, 0.1) is 5.69 Å². The van der Waals surface area contributed by atoms with Gasteiger partial charge in [-0.05, 0) is 29.4 Å². The molecule has 0 spiro atoms. The zero-order valence-electron chi connectivity index (χ0n) is 11.5. The van der Waals surface area contributed by atoms with Gasteiger partial charge in [0.1, 0.15) is 11.6 Å². The molecule has 2 aliphatic rings. The Hall–Kier alpha value is -1.38. The number of hydrogen-bond donors (Lipinski definition) is 1. The molecule has 1 N–H and O–H groups in total. The lowest BCUT2D eigenvalue weighted by atomic mass is 9.70. The van der Waals surface area contributed by atoms with Gasteiger partial charge in [-0.2, -0.15) is 0 Å². The molecule has 1 nitrogen and oxygen atoms in total. The third-order valence-corrected chi connectivity index (χ3v) is 4.32. The zero-order chi connectivity index (χ0) is 13.8. The second kappa shape index (κ2) is 4.06. The van der Waals surface area contributed by atoms with E-state index in [1.165, 1.54) is 6.07 Å². The number of allylic oxidation sites excluding steroid dienone is 2. The molecule has 1 aromatic carbocycles. The summed E-state index contributed by atoms with van der Waals surface area (Å²) in [6.07, 6.45) is 5.20. The van der Waals surface area contributed by atoms with Crippen LogP contribution in [0.3, 0.4) is 0 Å². The lowest BCUT2D eigenvalue weighted by molar-refractivity contribution is 0.241. The first-order chi connectivity index (χ1) is 8.88. The molecule has 0 unspecified atom stereocenters. The maximum atomic E-state index is 14.0. The largest absolute Gasteiger partial charge is 0.379 e. The van der Waals surface area contributed by atoms with E-state index >= 15 is 0 Å². The molecule has 19 heavy (non-hydrogen) atoms. The van der Waals surface area contributed by atoms with Gasteiger partial charge in [-0.25, -0.2) is 8.78 Å². The van der Waals surface area contributed by atoms with Gasteiger partial charge in [-0.1, -0.05) is 32.9 Å². The summed E-state index contributed by atoms with van der Waals surface area (Å²) in [5, 5.41) is 3.32. The van der Waals surface area contributed by atoms with Crippen molar-refractivity contribution in [2.24, 2.45) is 11.3 Å². The highest BCUT2D eigenvalue weighted by Crippen LogP contribution is 2.49. The molecule has 0 saturated carbocycles. The van der Waals surface area contributed by atoms with Gasteiger partial charge in [-0.3, -0.25) is 0 Å². The molecule has 0 fully saturated rings. The zero-order valence-corrected chi connectivity index (χ0v) is 11.5. The molecule has 3 rings (SSSR count). The Balaban J connectivity index is 2.13. The van der Waals surface area contributed by atoms with Crippen molar-refractivity contribution in [3.63, 3.8) is 0 Å². The number of fused-ring (bicyclic) bond motifs is 3. The molecule has 0 radical (unpaired) electrons. The van der Waals surface area contributed by atoms with Crippen LogP contribution in [0.4, 0.5) is 14.5 Å². The summed E-state index contributed by atoms with van der Waals surface area (Å²) >= 11 is 0. The fourth-order valence-corrected chi connectivity index (χ4v) is 3.48. The highest BCUT2D eigenvalue weighted by Gasteiger charge is 2.43. The maximum Gasteiger partial charge on any atom is 0.149 e. The minimum Gasteiger partial charge on any atom is -0.379 e. The first-order valence-electron chi connectivity index (χ1n) is 6.80. The van der Waals surface area contributed by atoms with Crippen molar-refractivity contribution in [2.45, 2.75) is 39.2 Å². The van der Waals surface area contributed by atoms with E-state index in [0.29, 0.717) is 11.6 Å². The number of nitrogens with one attached hydrogen (secondary N) is 1. The van der Waals surface area contributed by atoms with Crippen molar-refractivity contribution >= 4 is 5.69 Å². The second-order valence-corrected chi connectivity index (χ2v) is 6.69. The van der Waals surface area contributed by atoms with Gasteiger partial charge in [0.25, 0.3) is 0 Å². The summed E-state index contributed by atoms with van der Waals surface area (Å²) in [6, 6.07) is 2.63. The topological polar surface area (TPSA) is 12.0 Å². The Bertz CT molecular complexity index is 542. The van der Waals surface area contributed by atoms with Gasteiger partial charge in [0, 0.05) is 18.0 Å². The van der Waals surface area contributed by atoms with E-state index in [9.17, 15) is 8.78 Å². The Morgan fingerprint density at radius 3 is 2.63 bits per heavy atom. The van der Waals surface area contributed by atoms with Crippen LogP contribution in [0.2, 0.25) is 0 Å². The predicted molar refractivity (Wildman–Crippen MR) is 73.2 cm³/mol. The summed E-state index contributed by atoms with van der Waals surface area (Å²) in [7, 11) is 0. The Kier molecular flexibility index (Phi) is 2.70. The van der Waals surface area contributed by atoms with E-state index in [1.54, 1.807) is 0 Å². The molecular formula is C16H19F2N. The lowest BCUT2D eigenvalue weighted by Crippen LogP contribution is -2.45. The van der Waals surface area contributed by atoms with Gasteiger partial charge in [0.2, 0.25) is 0 Å². The molecule has 1 aromatic rings. The number of anilines is 1. The van der Waals surface area contributed by atoms with Crippen LogP contribution >= 0.6 is 0 Å². The highest BCUT2D eigenvalue weighted by atomic mass is 19.1. The molecule has 102 valence electrons. The number of rotatable bonds is 0. The maximum absolute atomic E-state index is 14.0. The van der Waals surface area contributed by atoms with Crippen LogP contribution in [0, 0.1) is 23.0 Å². The summed E-state index contributed by atoms with van der Waals surface area (Å²) in [6.45, 7) is 6.48. The van der Waals surface area contributed by atoms with Crippen LogP contribution in [-0.2, 0) is 0 Å². The molecule has 0 amide bonds. The number of halogens is 2. The van der Waals surface area contributed by atoms with Crippen LogP contribution in [0.25, 0.3) is 0 Å². The van der Waals surface area contributed by atoms with Crippen molar-refractivity contribution in [3.8, 4) is 0 Å². The molecule has 0 saturated heterocycles. The van der Waals surface area contributed by atoms with Gasteiger partial charge >= 0.3 is 0 Å². The van der Waals surface area contributed by atoms with Crippen LogP contribution in [0.5, 0.6) is 0 Å². The van der Waals surface area contributed by atoms with Crippen LogP contribution in [0.15, 0.2) is 24.3 Å². The molecule has 1 aliphatic carbocycles. The van der Waals surface area contributed by atoms with Crippen molar-refractivity contribution in [1.29, 1.82) is 0 Å². The second-order valence-electron chi connectivity index (χ2n) is 6.69. The molecule has 1 aliphatic heterocycles. The molecular weight excluding hydrogens is 244 g/mol. The number of benzene rings is 1.